The van der Waals surface area contributed by atoms with E-state index < -0.39 is 0 Å². The Balaban J connectivity index is 1.56. The van der Waals surface area contributed by atoms with Gasteiger partial charge in [0.2, 0.25) is 5.88 Å². The summed E-state index contributed by atoms with van der Waals surface area (Å²) in [6.45, 7) is 3.66. The lowest BCUT2D eigenvalue weighted by Gasteiger charge is -2.36. The van der Waals surface area contributed by atoms with Crippen molar-refractivity contribution < 1.29 is 18.9 Å². The molecule has 0 saturated carbocycles. The van der Waals surface area contributed by atoms with E-state index in [1.165, 1.54) is 6.33 Å². The van der Waals surface area contributed by atoms with Gasteiger partial charge in [-0.2, -0.15) is 0 Å². The van der Waals surface area contributed by atoms with Crippen molar-refractivity contribution in [2.24, 2.45) is 0 Å². The Kier molecular flexibility index (Phi) is 5.64. The van der Waals surface area contributed by atoms with Gasteiger partial charge >= 0.3 is 0 Å². The van der Waals surface area contributed by atoms with E-state index >= 15 is 0 Å². The first-order chi connectivity index (χ1) is 11.3. The first-order valence-corrected chi connectivity index (χ1v) is 8.23. The van der Waals surface area contributed by atoms with Crippen molar-refractivity contribution in [1.29, 1.82) is 0 Å². The number of anilines is 1. The van der Waals surface area contributed by atoms with Crippen LogP contribution in [0.15, 0.2) is 12.4 Å². The molecule has 0 aliphatic carbocycles. The van der Waals surface area contributed by atoms with Crippen LogP contribution in [0.4, 0.5) is 5.82 Å². The Bertz CT molecular complexity index is 488. The minimum Gasteiger partial charge on any atom is -0.474 e. The third kappa shape index (κ3) is 4.53. The third-order valence-electron chi connectivity index (χ3n) is 4.53. The molecule has 2 fully saturated rings. The van der Waals surface area contributed by atoms with Crippen molar-refractivity contribution in [2.75, 3.05) is 45.4 Å². The Morgan fingerprint density at radius 3 is 2.65 bits per heavy atom. The summed E-state index contributed by atoms with van der Waals surface area (Å²) in [5.74, 6) is 1.36. The summed E-state index contributed by atoms with van der Waals surface area (Å²) in [4.78, 5) is 8.47. The molecule has 2 aliphatic rings. The average Bonchev–Trinajstić information content (AvgIpc) is 2.62. The lowest BCUT2D eigenvalue weighted by atomic mass is 9.94. The zero-order valence-corrected chi connectivity index (χ0v) is 13.6. The fraction of sp³-hybridized carbons (Fsp3) is 0.750. The monoisotopic (exact) mass is 323 g/mol. The number of nitrogens with zero attached hydrogens (tertiary/aromatic N) is 2. The molecule has 23 heavy (non-hydrogen) atoms. The summed E-state index contributed by atoms with van der Waals surface area (Å²) >= 11 is 0. The molecule has 3 rings (SSSR count). The Hall–Kier alpha value is -1.44. The van der Waals surface area contributed by atoms with E-state index in [1.807, 2.05) is 6.07 Å². The van der Waals surface area contributed by atoms with E-state index in [1.54, 1.807) is 7.11 Å². The number of aromatic nitrogens is 2. The van der Waals surface area contributed by atoms with Crippen LogP contribution in [0.5, 0.6) is 5.88 Å². The van der Waals surface area contributed by atoms with E-state index in [0.717, 1.165) is 57.9 Å². The van der Waals surface area contributed by atoms with Crippen molar-refractivity contribution in [3.8, 4) is 5.88 Å². The van der Waals surface area contributed by atoms with E-state index in [-0.39, 0.29) is 11.7 Å². The van der Waals surface area contributed by atoms with Gasteiger partial charge < -0.3 is 24.3 Å². The molecular formula is C16H25N3O4. The summed E-state index contributed by atoms with van der Waals surface area (Å²) in [6.07, 6.45) is 5.27. The molecule has 1 aromatic heterocycles. The molecule has 3 heterocycles. The zero-order chi connectivity index (χ0) is 16.0. The lowest BCUT2D eigenvalue weighted by molar-refractivity contribution is -0.0807. The number of hydrogen-bond donors (Lipinski definition) is 1. The van der Waals surface area contributed by atoms with Crippen molar-refractivity contribution in [3.63, 3.8) is 0 Å². The van der Waals surface area contributed by atoms with Crippen molar-refractivity contribution in [1.82, 2.24) is 9.97 Å². The second kappa shape index (κ2) is 7.90. The van der Waals surface area contributed by atoms with E-state index in [4.69, 9.17) is 18.9 Å². The molecule has 1 N–H and O–H groups in total. The fourth-order valence-electron chi connectivity index (χ4n) is 2.91. The normalized spacial score (nSPS) is 21.8. The first kappa shape index (κ1) is 16.4. The molecule has 0 spiro atoms. The van der Waals surface area contributed by atoms with Crippen LogP contribution >= 0.6 is 0 Å². The Morgan fingerprint density at radius 1 is 1.17 bits per heavy atom. The van der Waals surface area contributed by atoms with Gasteiger partial charge in [0.05, 0.1) is 18.8 Å². The smallest absolute Gasteiger partial charge is 0.218 e. The van der Waals surface area contributed by atoms with Crippen LogP contribution in [0.3, 0.4) is 0 Å². The molecule has 0 unspecified atom stereocenters. The highest BCUT2D eigenvalue weighted by molar-refractivity contribution is 5.37. The van der Waals surface area contributed by atoms with Gasteiger partial charge in [0.25, 0.3) is 0 Å². The average molecular weight is 323 g/mol. The minimum absolute atomic E-state index is 0.173. The Morgan fingerprint density at radius 2 is 1.91 bits per heavy atom. The number of nitrogens with one attached hydrogen (secondary N) is 1. The maximum absolute atomic E-state index is 5.92. The summed E-state index contributed by atoms with van der Waals surface area (Å²) in [7, 11) is 1.76. The summed E-state index contributed by atoms with van der Waals surface area (Å²) in [5.41, 5.74) is -0.190. The van der Waals surface area contributed by atoms with Crippen molar-refractivity contribution in [2.45, 2.75) is 37.4 Å². The van der Waals surface area contributed by atoms with E-state index in [9.17, 15) is 0 Å². The first-order valence-electron chi connectivity index (χ1n) is 8.23. The summed E-state index contributed by atoms with van der Waals surface area (Å²) < 4.78 is 22.4. The highest BCUT2D eigenvalue weighted by Crippen LogP contribution is 2.25. The third-order valence-corrected chi connectivity index (χ3v) is 4.53. The number of hydrogen-bond acceptors (Lipinski definition) is 7. The SMILES string of the molecule is COC1(CNc2cc(OC3CCOCC3)ncn2)CCOCC1. The zero-order valence-electron chi connectivity index (χ0n) is 13.6. The maximum atomic E-state index is 5.92. The predicted octanol–water partition coefficient (Wildman–Crippen LogP) is 1.64. The van der Waals surface area contributed by atoms with Crippen LogP contribution in [0.2, 0.25) is 0 Å². The molecule has 1 aromatic rings. The van der Waals surface area contributed by atoms with Gasteiger partial charge in [0.1, 0.15) is 18.2 Å². The van der Waals surface area contributed by atoms with Gasteiger partial charge in [-0.05, 0) is 0 Å². The van der Waals surface area contributed by atoms with Crippen LogP contribution < -0.4 is 10.1 Å². The molecule has 2 saturated heterocycles. The Labute approximate surface area is 136 Å². The summed E-state index contributed by atoms with van der Waals surface area (Å²) in [6, 6.07) is 1.85. The van der Waals surface area contributed by atoms with Gasteiger partial charge in [-0.1, -0.05) is 0 Å². The van der Waals surface area contributed by atoms with Crippen LogP contribution in [0.1, 0.15) is 25.7 Å². The molecule has 0 amide bonds. The van der Waals surface area contributed by atoms with Gasteiger partial charge in [0, 0.05) is 58.6 Å². The number of methoxy groups -OCH3 is 1. The molecule has 0 aromatic carbocycles. The molecule has 7 nitrogen and oxygen atoms in total. The van der Waals surface area contributed by atoms with Crippen LogP contribution in [-0.4, -0.2) is 61.8 Å². The lowest BCUT2D eigenvalue weighted by Crippen LogP contribution is -2.44. The van der Waals surface area contributed by atoms with Crippen molar-refractivity contribution in [3.05, 3.63) is 12.4 Å². The molecule has 0 atom stereocenters. The second-order valence-corrected chi connectivity index (χ2v) is 6.02. The van der Waals surface area contributed by atoms with Gasteiger partial charge in [-0.15, -0.1) is 0 Å². The highest BCUT2D eigenvalue weighted by atomic mass is 16.5. The van der Waals surface area contributed by atoms with Crippen molar-refractivity contribution >= 4 is 5.82 Å². The quantitative estimate of drug-likeness (QED) is 0.853. The molecule has 0 radical (unpaired) electrons. The molecule has 7 heteroatoms. The minimum atomic E-state index is -0.190. The predicted molar refractivity (Wildman–Crippen MR) is 84.8 cm³/mol. The molecule has 2 aliphatic heterocycles. The molecular weight excluding hydrogens is 298 g/mol. The standard InChI is InChI=1S/C16H25N3O4/c1-20-16(4-8-22-9-5-16)11-17-14-10-15(19-12-18-14)23-13-2-6-21-7-3-13/h10,12-13H,2-9,11H2,1H3,(H,17,18,19). The second-order valence-electron chi connectivity index (χ2n) is 6.02. The number of ether oxygens (including phenoxy) is 4. The van der Waals surface area contributed by atoms with E-state index in [0.29, 0.717) is 12.4 Å². The van der Waals surface area contributed by atoms with E-state index in [2.05, 4.69) is 15.3 Å². The van der Waals surface area contributed by atoms with Crippen LogP contribution in [0, 0.1) is 0 Å². The van der Waals surface area contributed by atoms with Gasteiger partial charge in [0.15, 0.2) is 0 Å². The topological polar surface area (TPSA) is 74.7 Å². The fourth-order valence-corrected chi connectivity index (χ4v) is 2.91. The largest absolute Gasteiger partial charge is 0.474 e. The van der Waals surface area contributed by atoms with Gasteiger partial charge in [-0.25, -0.2) is 9.97 Å². The van der Waals surface area contributed by atoms with Gasteiger partial charge in [-0.3, -0.25) is 0 Å². The van der Waals surface area contributed by atoms with Crippen LogP contribution in [-0.2, 0) is 14.2 Å². The maximum Gasteiger partial charge on any atom is 0.218 e. The summed E-state index contributed by atoms with van der Waals surface area (Å²) in [5, 5.41) is 3.35. The molecule has 0 bridgehead atoms. The number of rotatable bonds is 6. The molecule has 128 valence electrons. The highest BCUT2D eigenvalue weighted by Gasteiger charge is 2.32. The van der Waals surface area contributed by atoms with Crippen LogP contribution in [0.25, 0.3) is 0 Å².